The van der Waals surface area contributed by atoms with Crippen molar-refractivity contribution in [3.8, 4) is 5.75 Å². The molecule has 1 amide bonds. The van der Waals surface area contributed by atoms with Crippen LogP contribution in [0.3, 0.4) is 0 Å². The van der Waals surface area contributed by atoms with Gasteiger partial charge < -0.3 is 14.5 Å². The number of aryl methyl sites for hydroxylation is 1. The number of nitrogens with zero attached hydrogens (tertiary/aromatic N) is 1. The van der Waals surface area contributed by atoms with Gasteiger partial charge in [-0.15, -0.1) is 0 Å². The summed E-state index contributed by atoms with van der Waals surface area (Å²) in [5.41, 5.74) is 0.794. The number of hydrogen-bond donors (Lipinski definition) is 1. The Morgan fingerprint density at radius 3 is 2.80 bits per heavy atom. The lowest BCUT2D eigenvalue weighted by atomic mass is 10.3. The van der Waals surface area contributed by atoms with Crippen LogP contribution in [0.4, 0.5) is 4.39 Å². The number of nitrogens with one attached hydrogen (secondary N) is 1. The van der Waals surface area contributed by atoms with Gasteiger partial charge in [-0.25, -0.2) is 9.37 Å². The summed E-state index contributed by atoms with van der Waals surface area (Å²) in [5, 5.41) is 2.70. The minimum absolute atomic E-state index is 0.108. The number of halogens is 1. The van der Waals surface area contributed by atoms with E-state index in [0.29, 0.717) is 24.6 Å². The van der Waals surface area contributed by atoms with Crippen LogP contribution in [0.25, 0.3) is 0 Å². The van der Waals surface area contributed by atoms with Gasteiger partial charge in [0.15, 0.2) is 12.5 Å². The maximum absolute atomic E-state index is 12.7. The molecule has 6 heteroatoms. The third-order valence-electron chi connectivity index (χ3n) is 2.55. The van der Waals surface area contributed by atoms with Crippen molar-refractivity contribution in [1.29, 1.82) is 0 Å². The number of rotatable bonds is 6. The van der Waals surface area contributed by atoms with Crippen molar-refractivity contribution >= 4 is 5.91 Å². The predicted molar refractivity (Wildman–Crippen MR) is 69.8 cm³/mol. The first-order valence-corrected chi connectivity index (χ1v) is 6.19. The Hall–Kier alpha value is -2.37. The van der Waals surface area contributed by atoms with Crippen LogP contribution < -0.4 is 10.1 Å². The molecule has 0 atom stereocenters. The number of hydrogen-bond acceptors (Lipinski definition) is 4. The monoisotopic (exact) mass is 278 g/mol. The smallest absolute Gasteiger partial charge is 0.257 e. The van der Waals surface area contributed by atoms with E-state index >= 15 is 0 Å². The normalized spacial score (nSPS) is 10.3. The summed E-state index contributed by atoms with van der Waals surface area (Å²) in [5.74, 6) is 0.471. The van der Waals surface area contributed by atoms with E-state index in [1.54, 1.807) is 13.2 Å². The summed E-state index contributed by atoms with van der Waals surface area (Å²) in [6.45, 7) is 2.11. The topological polar surface area (TPSA) is 64.4 Å². The van der Waals surface area contributed by atoms with Crippen LogP contribution in [0.5, 0.6) is 5.75 Å². The van der Waals surface area contributed by atoms with Crippen molar-refractivity contribution in [1.82, 2.24) is 10.3 Å². The summed E-state index contributed by atoms with van der Waals surface area (Å²) in [6.07, 6.45) is 2.16. The maximum Gasteiger partial charge on any atom is 0.257 e. The Morgan fingerprint density at radius 2 is 2.15 bits per heavy atom. The minimum Gasteiger partial charge on any atom is -0.484 e. The highest BCUT2D eigenvalue weighted by Crippen LogP contribution is 2.10. The first kappa shape index (κ1) is 14.0. The molecule has 0 aliphatic rings. The molecule has 2 aromatic rings. The standard InChI is InChI=1S/C14H15FN2O3/c1-10-17-12(8-19-10)6-7-16-14(18)9-20-13-4-2-11(15)3-5-13/h2-5,8H,6-7,9H2,1H3,(H,16,18). The van der Waals surface area contributed by atoms with Crippen molar-refractivity contribution < 1.29 is 18.3 Å². The Labute approximate surface area is 115 Å². The lowest BCUT2D eigenvalue weighted by molar-refractivity contribution is -0.123. The highest BCUT2D eigenvalue weighted by Gasteiger charge is 2.04. The lowest BCUT2D eigenvalue weighted by Gasteiger charge is -2.06. The highest BCUT2D eigenvalue weighted by atomic mass is 19.1. The van der Waals surface area contributed by atoms with Crippen molar-refractivity contribution in [3.63, 3.8) is 0 Å². The summed E-state index contributed by atoms with van der Waals surface area (Å²) in [4.78, 5) is 15.6. The number of benzene rings is 1. The van der Waals surface area contributed by atoms with Gasteiger partial charge >= 0.3 is 0 Å². The van der Waals surface area contributed by atoms with E-state index in [1.807, 2.05) is 0 Å². The predicted octanol–water partition coefficient (Wildman–Crippen LogP) is 1.86. The molecule has 0 spiro atoms. The number of amides is 1. The lowest BCUT2D eigenvalue weighted by Crippen LogP contribution is -2.30. The van der Waals surface area contributed by atoms with Crippen LogP contribution in [0.2, 0.25) is 0 Å². The zero-order chi connectivity index (χ0) is 14.4. The molecule has 106 valence electrons. The molecular formula is C14H15FN2O3. The van der Waals surface area contributed by atoms with E-state index in [1.165, 1.54) is 24.3 Å². The Bertz CT molecular complexity index is 566. The average molecular weight is 278 g/mol. The SMILES string of the molecule is Cc1nc(CCNC(=O)COc2ccc(F)cc2)co1. The molecule has 0 aliphatic heterocycles. The van der Waals surface area contributed by atoms with Gasteiger partial charge in [-0.1, -0.05) is 0 Å². The molecule has 0 saturated heterocycles. The van der Waals surface area contributed by atoms with Gasteiger partial charge in [0.25, 0.3) is 5.91 Å². The first-order valence-electron chi connectivity index (χ1n) is 6.19. The van der Waals surface area contributed by atoms with Crippen LogP contribution in [0, 0.1) is 12.7 Å². The average Bonchev–Trinajstić information content (AvgIpc) is 2.84. The van der Waals surface area contributed by atoms with Gasteiger partial charge in [0.2, 0.25) is 0 Å². The van der Waals surface area contributed by atoms with Gasteiger partial charge in [-0.2, -0.15) is 0 Å². The molecule has 2 rings (SSSR count). The molecule has 1 aromatic carbocycles. The molecule has 0 saturated carbocycles. The number of oxazole rings is 1. The van der Waals surface area contributed by atoms with Crippen molar-refractivity contribution in [2.45, 2.75) is 13.3 Å². The number of aromatic nitrogens is 1. The van der Waals surface area contributed by atoms with E-state index in [-0.39, 0.29) is 18.3 Å². The quantitative estimate of drug-likeness (QED) is 0.876. The number of ether oxygens (including phenoxy) is 1. The van der Waals surface area contributed by atoms with Crippen LogP contribution >= 0.6 is 0 Å². The molecule has 1 N–H and O–H groups in total. The fraction of sp³-hybridized carbons (Fsp3) is 0.286. The number of carbonyl (C=O) groups excluding carboxylic acids is 1. The van der Waals surface area contributed by atoms with Crippen LogP contribution in [-0.4, -0.2) is 24.0 Å². The zero-order valence-electron chi connectivity index (χ0n) is 11.1. The third kappa shape index (κ3) is 4.38. The van der Waals surface area contributed by atoms with Crippen LogP contribution in [-0.2, 0) is 11.2 Å². The molecule has 20 heavy (non-hydrogen) atoms. The van der Waals surface area contributed by atoms with Gasteiger partial charge in [-0.3, -0.25) is 4.79 Å². The maximum atomic E-state index is 12.7. The molecule has 5 nitrogen and oxygen atoms in total. The molecule has 0 bridgehead atoms. The summed E-state index contributed by atoms with van der Waals surface area (Å²) in [6, 6.07) is 5.50. The summed E-state index contributed by atoms with van der Waals surface area (Å²) >= 11 is 0. The number of carbonyl (C=O) groups is 1. The molecule has 1 aromatic heterocycles. The van der Waals surface area contributed by atoms with Gasteiger partial charge in [0.05, 0.1) is 5.69 Å². The second-order valence-electron chi connectivity index (χ2n) is 4.20. The van der Waals surface area contributed by atoms with Gasteiger partial charge in [0, 0.05) is 19.9 Å². The second-order valence-corrected chi connectivity index (χ2v) is 4.20. The molecule has 0 fully saturated rings. The second kappa shape index (κ2) is 6.70. The summed E-state index contributed by atoms with van der Waals surface area (Å²) in [7, 11) is 0. The van der Waals surface area contributed by atoms with Crippen LogP contribution in [0.15, 0.2) is 34.9 Å². The molecule has 0 unspecified atom stereocenters. The minimum atomic E-state index is -0.343. The molecule has 0 radical (unpaired) electrons. The van der Waals surface area contributed by atoms with E-state index in [9.17, 15) is 9.18 Å². The first-order chi connectivity index (χ1) is 9.63. The highest BCUT2D eigenvalue weighted by molar-refractivity contribution is 5.77. The van der Waals surface area contributed by atoms with E-state index < -0.39 is 0 Å². The van der Waals surface area contributed by atoms with Crippen molar-refractivity contribution in [2.24, 2.45) is 0 Å². The Morgan fingerprint density at radius 1 is 1.40 bits per heavy atom. The fourth-order valence-electron chi connectivity index (χ4n) is 1.58. The fourth-order valence-corrected chi connectivity index (χ4v) is 1.58. The van der Waals surface area contributed by atoms with Crippen molar-refractivity contribution in [2.75, 3.05) is 13.2 Å². The van der Waals surface area contributed by atoms with E-state index in [2.05, 4.69) is 10.3 Å². The van der Waals surface area contributed by atoms with Crippen LogP contribution in [0.1, 0.15) is 11.6 Å². The zero-order valence-corrected chi connectivity index (χ0v) is 11.1. The Balaban J connectivity index is 1.66. The van der Waals surface area contributed by atoms with E-state index in [4.69, 9.17) is 9.15 Å². The van der Waals surface area contributed by atoms with E-state index in [0.717, 1.165) is 5.69 Å². The summed E-state index contributed by atoms with van der Waals surface area (Å²) < 4.78 is 22.9. The molecule has 1 heterocycles. The molecular weight excluding hydrogens is 263 g/mol. The molecule has 0 aliphatic carbocycles. The van der Waals surface area contributed by atoms with Crippen molar-refractivity contribution in [3.05, 3.63) is 47.9 Å². The Kier molecular flexibility index (Phi) is 4.70. The largest absolute Gasteiger partial charge is 0.484 e. The van der Waals surface area contributed by atoms with Gasteiger partial charge in [-0.05, 0) is 24.3 Å². The third-order valence-corrected chi connectivity index (χ3v) is 2.55. The van der Waals surface area contributed by atoms with Gasteiger partial charge in [0.1, 0.15) is 17.8 Å².